The molecule has 0 atom stereocenters. The fraction of sp³-hybridized carbons (Fsp3) is 0.692. The van der Waals surface area contributed by atoms with Crippen LogP contribution in [0.5, 0.6) is 0 Å². The monoisotopic (exact) mass is 290 g/mol. The molecule has 3 heterocycles. The molecule has 0 spiro atoms. The summed E-state index contributed by atoms with van der Waals surface area (Å²) in [5.41, 5.74) is 6.25. The normalized spacial score (nSPS) is 17.3. The third-order valence-corrected chi connectivity index (χ3v) is 3.93. The number of fused-ring (bicyclic) bond motifs is 1. The Hall–Kier alpha value is -1.80. The number of anilines is 1. The molecule has 1 fully saturated rings. The highest BCUT2D eigenvalue weighted by molar-refractivity contribution is 5.46. The molecule has 1 aliphatic rings. The third kappa shape index (κ3) is 3.27. The van der Waals surface area contributed by atoms with Gasteiger partial charge in [0.05, 0.1) is 12.4 Å². The maximum atomic E-state index is 5.56. The van der Waals surface area contributed by atoms with Gasteiger partial charge < -0.3 is 15.5 Å². The number of aromatic nitrogens is 5. The first kappa shape index (κ1) is 14.2. The Morgan fingerprint density at radius 2 is 2.05 bits per heavy atom. The van der Waals surface area contributed by atoms with Crippen molar-refractivity contribution in [2.75, 3.05) is 44.2 Å². The van der Waals surface area contributed by atoms with Crippen LogP contribution in [0.4, 0.5) is 5.82 Å². The SMILES string of the molecule is NCCCCN1CCCN(c2cncc3nnnn23)CC1. The maximum absolute atomic E-state index is 5.56. The van der Waals surface area contributed by atoms with E-state index in [1.807, 2.05) is 6.20 Å². The van der Waals surface area contributed by atoms with E-state index in [-0.39, 0.29) is 0 Å². The zero-order chi connectivity index (χ0) is 14.5. The minimum atomic E-state index is 0.691. The first-order chi connectivity index (χ1) is 10.4. The Balaban J connectivity index is 1.66. The Kier molecular flexibility index (Phi) is 4.56. The molecule has 3 rings (SSSR count). The minimum absolute atomic E-state index is 0.691. The lowest BCUT2D eigenvalue weighted by Gasteiger charge is -2.23. The van der Waals surface area contributed by atoms with Gasteiger partial charge in [0, 0.05) is 19.6 Å². The van der Waals surface area contributed by atoms with E-state index < -0.39 is 0 Å². The molecule has 0 aromatic carbocycles. The van der Waals surface area contributed by atoms with Crippen LogP contribution in [-0.2, 0) is 0 Å². The molecular weight excluding hydrogens is 268 g/mol. The summed E-state index contributed by atoms with van der Waals surface area (Å²) in [5.74, 6) is 0.973. The molecule has 0 amide bonds. The Labute approximate surface area is 123 Å². The van der Waals surface area contributed by atoms with Gasteiger partial charge in [0.1, 0.15) is 0 Å². The summed E-state index contributed by atoms with van der Waals surface area (Å²) in [6, 6.07) is 0. The lowest BCUT2D eigenvalue weighted by atomic mass is 10.3. The number of unbranched alkanes of at least 4 members (excludes halogenated alkanes) is 1. The predicted molar refractivity (Wildman–Crippen MR) is 80.1 cm³/mol. The van der Waals surface area contributed by atoms with Gasteiger partial charge in [0.15, 0.2) is 11.5 Å². The van der Waals surface area contributed by atoms with Gasteiger partial charge in [-0.25, -0.2) is 0 Å². The maximum Gasteiger partial charge on any atom is 0.199 e. The molecule has 0 saturated carbocycles. The van der Waals surface area contributed by atoms with Crippen LogP contribution < -0.4 is 10.6 Å². The predicted octanol–water partition coefficient (Wildman–Crippen LogP) is -0.230. The second kappa shape index (κ2) is 6.77. The lowest BCUT2D eigenvalue weighted by Crippen LogP contribution is -2.32. The van der Waals surface area contributed by atoms with Crippen LogP contribution in [0.1, 0.15) is 19.3 Å². The van der Waals surface area contributed by atoms with E-state index >= 15 is 0 Å². The summed E-state index contributed by atoms with van der Waals surface area (Å²) in [7, 11) is 0. The van der Waals surface area contributed by atoms with Crippen molar-refractivity contribution >= 4 is 11.5 Å². The summed E-state index contributed by atoms with van der Waals surface area (Å²) in [6.45, 7) is 6.10. The Bertz CT molecular complexity index is 568. The van der Waals surface area contributed by atoms with Crippen molar-refractivity contribution in [3.05, 3.63) is 12.4 Å². The Morgan fingerprint density at radius 3 is 2.95 bits per heavy atom. The molecule has 1 saturated heterocycles. The van der Waals surface area contributed by atoms with Gasteiger partial charge in [-0.2, -0.15) is 4.52 Å². The van der Waals surface area contributed by atoms with Crippen LogP contribution >= 0.6 is 0 Å². The van der Waals surface area contributed by atoms with E-state index in [1.165, 1.54) is 6.42 Å². The van der Waals surface area contributed by atoms with Crippen LogP contribution in [0.25, 0.3) is 5.65 Å². The molecule has 2 aromatic rings. The second-order valence-electron chi connectivity index (χ2n) is 5.39. The smallest absolute Gasteiger partial charge is 0.199 e. The molecule has 1 aliphatic heterocycles. The molecule has 21 heavy (non-hydrogen) atoms. The van der Waals surface area contributed by atoms with E-state index in [1.54, 1.807) is 10.7 Å². The van der Waals surface area contributed by atoms with Crippen LogP contribution in [0.3, 0.4) is 0 Å². The molecule has 0 unspecified atom stereocenters. The van der Waals surface area contributed by atoms with Crippen LogP contribution in [0, 0.1) is 0 Å². The number of nitrogens with zero attached hydrogens (tertiary/aromatic N) is 7. The van der Waals surface area contributed by atoms with Crippen molar-refractivity contribution in [2.24, 2.45) is 5.73 Å². The first-order valence-corrected chi connectivity index (χ1v) is 7.58. The fourth-order valence-electron chi connectivity index (χ4n) is 2.78. The topological polar surface area (TPSA) is 88.5 Å². The third-order valence-electron chi connectivity index (χ3n) is 3.93. The summed E-state index contributed by atoms with van der Waals surface area (Å²) in [6.07, 6.45) is 6.95. The second-order valence-corrected chi connectivity index (χ2v) is 5.39. The molecule has 2 aromatic heterocycles. The van der Waals surface area contributed by atoms with E-state index in [4.69, 9.17) is 5.73 Å². The van der Waals surface area contributed by atoms with E-state index in [9.17, 15) is 0 Å². The zero-order valence-electron chi connectivity index (χ0n) is 12.2. The molecule has 114 valence electrons. The Morgan fingerprint density at radius 1 is 1.10 bits per heavy atom. The number of hydrogen-bond acceptors (Lipinski definition) is 7. The molecule has 0 aliphatic carbocycles. The fourth-order valence-corrected chi connectivity index (χ4v) is 2.78. The van der Waals surface area contributed by atoms with E-state index in [2.05, 4.69) is 30.3 Å². The quantitative estimate of drug-likeness (QED) is 0.761. The average Bonchev–Trinajstić information content (AvgIpc) is 2.87. The zero-order valence-corrected chi connectivity index (χ0v) is 12.2. The van der Waals surface area contributed by atoms with Crippen molar-refractivity contribution in [1.82, 2.24) is 29.9 Å². The summed E-state index contributed by atoms with van der Waals surface area (Å²) >= 11 is 0. The molecule has 2 N–H and O–H groups in total. The van der Waals surface area contributed by atoms with Gasteiger partial charge >= 0.3 is 0 Å². The summed E-state index contributed by atoms with van der Waals surface area (Å²) < 4.78 is 1.76. The largest absolute Gasteiger partial charge is 0.354 e. The van der Waals surface area contributed by atoms with Crippen molar-refractivity contribution in [3.8, 4) is 0 Å². The highest BCUT2D eigenvalue weighted by atomic mass is 15.5. The summed E-state index contributed by atoms with van der Waals surface area (Å²) in [4.78, 5) is 9.07. The average molecular weight is 290 g/mol. The van der Waals surface area contributed by atoms with Crippen molar-refractivity contribution in [3.63, 3.8) is 0 Å². The highest BCUT2D eigenvalue weighted by Gasteiger charge is 2.17. The highest BCUT2D eigenvalue weighted by Crippen LogP contribution is 2.15. The lowest BCUT2D eigenvalue weighted by molar-refractivity contribution is 0.288. The van der Waals surface area contributed by atoms with Crippen LogP contribution in [0.15, 0.2) is 12.4 Å². The van der Waals surface area contributed by atoms with Gasteiger partial charge in [-0.05, 0) is 49.3 Å². The standard InChI is InChI=1S/C13H22N8/c14-4-1-2-5-19-6-3-7-20(9-8-19)13-11-15-10-12-16-17-18-21(12)13/h10-11H,1-9,14H2. The number of rotatable bonds is 5. The van der Waals surface area contributed by atoms with Crippen LogP contribution in [-0.4, -0.2) is 69.2 Å². The van der Waals surface area contributed by atoms with Gasteiger partial charge in [-0.3, -0.25) is 4.98 Å². The first-order valence-electron chi connectivity index (χ1n) is 7.58. The van der Waals surface area contributed by atoms with Gasteiger partial charge in [0.2, 0.25) is 0 Å². The van der Waals surface area contributed by atoms with Crippen LogP contribution in [0.2, 0.25) is 0 Å². The van der Waals surface area contributed by atoms with Crippen molar-refractivity contribution in [1.29, 1.82) is 0 Å². The molecule has 8 nitrogen and oxygen atoms in total. The van der Waals surface area contributed by atoms with E-state index in [0.29, 0.717) is 5.65 Å². The number of nitrogens with two attached hydrogens (primary N) is 1. The van der Waals surface area contributed by atoms with Crippen molar-refractivity contribution in [2.45, 2.75) is 19.3 Å². The number of tetrazole rings is 1. The molecule has 8 heteroatoms. The van der Waals surface area contributed by atoms with Crippen molar-refractivity contribution < 1.29 is 0 Å². The molecule has 0 bridgehead atoms. The van der Waals surface area contributed by atoms with Gasteiger partial charge in [0.25, 0.3) is 0 Å². The van der Waals surface area contributed by atoms with Gasteiger partial charge in [-0.15, -0.1) is 5.10 Å². The molecular formula is C13H22N8. The number of hydrogen-bond donors (Lipinski definition) is 1. The van der Waals surface area contributed by atoms with E-state index in [0.717, 1.165) is 57.9 Å². The summed E-state index contributed by atoms with van der Waals surface area (Å²) in [5, 5.41) is 11.7. The van der Waals surface area contributed by atoms with Gasteiger partial charge in [-0.1, -0.05) is 0 Å². The molecule has 0 radical (unpaired) electrons. The minimum Gasteiger partial charge on any atom is -0.354 e.